The van der Waals surface area contributed by atoms with Crippen LogP contribution in [0.3, 0.4) is 0 Å². The molecule has 0 saturated carbocycles. The molecule has 2 aromatic carbocycles. The van der Waals surface area contributed by atoms with Gasteiger partial charge in [-0.05, 0) is 54.7 Å². The van der Waals surface area contributed by atoms with Gasteiger partial charge in [-0.2, -0.15) is 0 Å². The largest absolute Gasteiger partial charge is 0.504 e. The number of ether oxygens (including phenoxy) is 1. The number of fused-ring (bicyclic) bond motifs is 4. The highest BCUT2D eigenvalue weighted by molar-refractivity contribution is 6.30. The Kier molecular flexibility index (Phi) is 6.42. The number of barbiturate groups is 1. The third-order valence-corrected chi connectivity index (χ3v) is 8.28. The van der Waals surface area contributed by atoms with Crippen LogP contribution in [0.25, 0.3) is 0 Å². The third-order valence-electron chi connectivity index (χ3n) is 8.28. The third kappa shape index (κ3) is 4.34. The molecule has 4 heterocycles. The minimum Gasteiger partial charge on any atom is -0.504 e. The van der Waals surface area contributed by atoms with Crippen molar-refractivity contribution in [3.8, 4) is 11.5 Å². The van der Waals surface area contributed by atoms with Crippen molar-refractivity contribution in [2.45, 2.75) is 25.3 Å². The maximum atomic E-state index is 14.3. The van der Waals surface area contributed by atoms with E-state index in [0.717, 1.165) is 17.0 Å². The number of aromatic nitrogens is 1. The average Bonchev–Trinajstić information content (AvgIpc) is 2.94. The molecule has 2 N–H and O–H groups in total. The van der Waals surface area contributed by atoms with Gasteiger partial charge < -0.3 is 19.3 Å². The number of amides is 4. The van der Waals surface area contributed by atoms with Gasteiger partial charge in [0.2, 0.25) is 5.91 Å². The van der Waals surface area contributed by atoms with Crippen LogP contribution in [-0.2, 0) is 22.6 Å². The topological polar surface area (TPSA) is 121 Å². The van der Waals surface area contributed by atoms with Crippen molar-refractivity contribution in [3.05, 3.63) is 88.3 Å². The van der Waals surface area contributed by atoms with E-state index in [0.29, 0.717) is 30.9 Å². The summed E-state index contributed by atoms with van der Waals surface area (Å²) in [5.74, 6) is -0.826. The zero-order valence-corrected chi connectivity index (χ0v) is 22.1. The fraction of sp³-hybridized carbons (Fsp3) is 0.333. The minimum absolute atomic E-state index is 0.00714. The first kappa shape index (κ1) is 25.8. The van der Waals surface area contributed by atoms with E-state index in [1.165, 1.54) is 13.2 Å². The molecule has 10 nitrogen and oxygen atoms in total. The van der Waals surface area contributed by atoms with Crippen LogP contribution in [-0.4, -0.2) is 59.2 Å². The van der Waals surface area contributed by atoms with Crippen LogP contribution < -0.4 is 20.5 Å². The van der Waals surface area contributed by atoms with Crippen LogP contribution in [0.15, 0.2) is 71.5 Å². The van der Waals surface area contributed by atoms with Gasteiger partial charge in [-0.15, -0.1) is 0 Å². The Morgan fingerprint density at radius 3 is 2.55 bits per heavy atom. The standard InChI is InChI=1S/C30H30N4O6/c1-40-25-13-19(10-11-24(25)35)14-30(27(37)31-29(39)34(28(30)38)22-6-3-2-4-7-22)18-32-15-20-12-21(17-32)23-8-5-9-26(36)33(23)16-20/h2-11,13,20-21,35H,12,14-18H2,1H3,(H,31,37,39)/t20?,21-,30?/m0/s1. The predicted octanol–water partition coefficient (Wildman–Crippen LogP) is 2.49. The molecule has 4 amide bonds. The van der Waals surface area contributed by atoms with Gasteiger partial charge in [0, 0.05) is 43.9 Å². The number of nitrogens with one attached hydrogen (secondary N) is 1. The van der Waals surface area contributed by atoms with Crippen molar-refractivity contribution < 1.29 is 24.2 Å². The number of imide groups is 2. The zero-order chi connectivity index (χ0) is 28.0. The Morgan fingerprint density at radius 1 is 0.975 bits per heavy atom. The van der Waals surface area contributed by atoms with Crippen molar-refractivity contribution in [3.63, 3.8) is 0 Å². The summed E-state index contributed by atoms with van der Waals surface area (Å²) in [5.41, 5.74) is 0.292. The Labute approximate surface area is 230 Å². The van der Waals surface area contributed by atoms with Gasteiger partial charge >= 0.3 is 6.03 Å². The number of aromatic hydroxyl groups is 1. The van der Waals surface area contributed by atoms with E-state index in [2.05, 4.69) is 10.2 Å². The molecule has 206 valence electrons. The van der Waals surface area contributed by atoms with Gasteiger partial charge in [-0.3, -0.25) is 19.7 Å². The number of phenolic OH excluding ortho intramolecular Hbond substituents is 1. The SMILES string of the molecule is COc1cc(CC2(CN3CC4C[C@@H](C3)c3cccc(=O)n3C4)C(=O)NC(=O)N(c3ccccc3)C2=O)ccc1O. The van der Waals surface area contributed by atoms with Crippen molar-refractivity contribution in [1.29, 1.82) is 0 Å². The lowest BCUT2D eigenvalue weighted by molar-refractivity contribution is -0.144. The van der Waals surface area contributed by atoms with Crippen LogP contribution in [0.1, 0.15) is 23.6 Å². The summed E-state index contributed by atoms with van der Waals surface area (Å²) in [6.45, 7) is 1.85. The molecule has 6 rings (SSSR count). The molecule has 0 radical (unpaired) electrons. The number of phenols is 1. The molecule has 3 aromatic rings. The van der Waals surface area contributed by atoms with Gasteiger partial charge in [-0.1, -0.05) is 30.3 Å². The van der Waals surface area contributed by atoms with Crippen LogP contribution in [0, 0.1) is 11.3 Å². The molecule has 0 spiro atoms. The summed E-state index contributed by atoms with van der Waals surface area (Å²) in [4.78, 5) is 56.8. The molecule has 40 heavy (non-hydrogen) atoms. The molecule has 2 saturated heterocycles. The molecule has 3 atom stereocenters. The second-order valence-corrected chi connectivity index (χ2v) is 10.9. The van der Waals surface area contributed by atoms with Crippen LogP contribution >= 0.6 is 0 Å². The van der Waals surface area contributed by atoms with Crippen LogP contribution in [0.5, 0.6) is 11.5 Å². The van der Waals surface area contributed by atoms with E-state index in [1.54, 1.807) is 54.6 Å². The van der Waals surface area contributed by atoms with Crippen molar-refractivity contribution in [1.82, 2.24) is 14.8 Å². The molecule has 2 bridgehead atoms. The van der Waals surface area contributed by atoms with Crippen molar-refractivity contribution >= 4 is 23.5 Å². The number of carbonyl (C=O) groups is 3. The summed E-state index contributed by atoms with van der Waals surface area (Å²) >= 11 is 0. The first-order chi connectivity index (χ1) is 19.3. The summed E-state index contributed by atoms with van der Waals surface area (Å²) in [6, 6.07) is 17.8. The molecule has 10 heteroatoms. The minimum atomic E-state index is -1.63. The zero-order valence-electron chi connectivity index (χ0n) is 22.1. The monoisotopic (exact) mass is 542 g/mol. The molecular weight excluding hydrogens is 512 g/mol. The highest BCUT2D eigenvalue weighted by Gasteiger charge is 2.55. The molecule has 1 aromatic heterocycles. The van der Waals surface area contributed by atoms with Gasteiger partial charge in [0.25, 0.3) is 11.5 Å². The Bertz CT molecular complexity index is 1550. The summed E-state index contributed by atoms with van der Waals surface area (Å²) in [7, 11) is 1.43. The number of hydrogen-bond acceptors (Lipinski definition) is 7. The first-order valence-electron chi connectivity index (χ1n) is 13.3. The molecule has 3 aliphatic heterocycles. The van der Waals surface area contributed by atoms with Gasteiger partial charge in [-0.25, -0.2) is 9.69 Å². The number of carbonyl (C=O) groups excluding carboxylic acids is 3. The van der Waals surface area contributed by atoms with Crippen molar-refractivity contribution in [2.24, 2.45) is 11.3 Å². The smallest absolute Gasteiger partial charge is 0.335 e. The van der Waals surface area contributed by atoms with Crippen LogP contribution in [0.2, 0.25) is 0 Å². The number of nitrogens with zero attached hydrogens (tertiary/aromatic N) is 3. The molecule has 0 aliphatic carbocycles. The predicted molar refractivity (Wildman–Crippen MR) is 146 cm³/mol. The summed E-state index contributed by atoms with van der Waals surface area (Å²) < 4.78 is 7.11. The number of methoxy groups -OCH3 is 1. The highest BCUT2D eigenvalue weighted by Crippen LogP contribution is 2.40. The number of urea groups is 1. The van der Waals surface area contributed by atoms with E-state index in [1.807, 2.05) is 10.6 Å². The maximum Gasteiger partial charge on any atom is 0.335 e. The number of pyridine rings is 1. The van der Waals surface area contributed by atoms with E-state index < -0.39 is 23.3 Å². The molecule has 2 fully saturated rings. The van der Waals surface area contributed by atoms with E-state index >= 15 is 0 Å². The highest BCUT2D eigenvalue weighted by atomic mass is 16.5. The summed E-state index contributed by atoms with van der Waals surface area (Å²) in [6.07, 6.45) is 0.920. The second-order valence-electron chi connectivity index (χ2n) is 10.9. The number of rotatable bonds is 6. The lowest BCUT2D eigenvalue weighted by Gasteiger charge is -2.47. The number of anilines is 1. The van der Waals surface area contributed by atoms with Crippen molar-refractivity contribution in [2.75, 3.05) is 31.6 Å². The lowest BCUT2D eigenvalue weighted by Crippen LogP contribution is -2.68. The number of benzene rings is 2. The molecule has 3 aliphatic rings. The Hall–Kier alpha value is -4.44. The van der Waals surface area contributed by atoms with Gasteiger partial charge in [0.15, 0.2) is 11.5 Å². The number of para-hydroxylation sites is 1. The molecular formula is C30H30N4O6. The number of hydrogen-bond donors (Lipinski definition) is 2. The fourth-order valence-corrected chi connectivity index (χ4v) is 6.53. The lowest BCUT2D eigenvalue weighted by atomic mass is 9.75. The van der Waals surface area contributed by atoms with Gasteiger partial charge in [0.1, 0.15) is 5.41 Å². The van der Waals surface area contributed by atoms with E-state index in [4.69, 9.17) is 4.74 Å². The molecule has 2 unspecified atom stereocenters. The summed E-state index contributed by atoms with van der Waals surface area (Å²) in [5, 5.41) is 12.6. The first-order valence-corrected chi connectivity index (χ1v) is 13.3. The normalized spacial score (nSPS) is 24.4. The quantitative estimate of drug-likeness (QED) is 0.459. The Morgan fingerprint density at radius 2 is 1.77 bits per heavy atom. The average molecular weight is 543 g/mol. The fourth-order valence-electron chi connectivity index (χ4n) is 6.53. The maximum absolute atomic E-state index is 14.3. The van der Waals surface area contributed by atoms with Gasteiger partial charge in [0.05, 0.1) is 12.8 Å². The second kappa shape index (κ2) is 9.95. The van der Waals surface area contributed by atoms with E-state index in [9.17, 15) is 24.3 Å². The number of likely N-dealkylation sites (tertiary alicyclic amines) is 1. The number of piperidine rings is 1. The Balaban J connectivity index is 1.39. The van der Waals surface area contributed by atoms with E-state index in [-0.39, 0.29) is 41.9 Å². The van der Waals surface area contributed by atoms with Crippen LogP contribution in [0.4, 0.5) is 10.5 Å².